The Morgan fingerprint density at radius 2 is 2.04 bits per heavy atom. The van der Waals surface area contributed by atoms with Gasteiger partial charge in [0.1, 0.15) is 12.3 Å². The van der Waals surface area contributed by atoms with Crippen molar-refractivity contribution >= 4 is 11.9 Å². The van der Waals surface area contributed by atoms with Crippen molar-refractivity contribution in [1.82, 2.24) is 15.1 Å². The number of aliphatic imine (C=N–C) groups is 1. The largest absolute Gasteiger partial charge is 0.467 e. The Kier molecular flexibility index (Phi) is 7.15. The van der Waals surface area contributed by atoms with E-state index in [2.05, 4.69) is 10.3 Å². The van der Waals surface area contributed by atoms with E-state index < -0.39 is 0 Å². The molecule has 24 heavy (non-hydrogen) atoms. The van der Waals surface area contributed by atoms with Gasteiger partial charge in [-0.2, -0.15) is 0 Å². The third-order valence-corrected chi connectivity index (χ3v) is 4.47. The maximum absolute atomic E-state index is 11.8. The molecule has 1 amide bonds. The number of carbonyl (C=O) groups excluding carboxylic acids is 1. The van der Waals surface area contributed by atoms with Crippen molar-refractivity contribution in [1.29, 1.82) is 0 Å². The topological polar surface area (TPSA) is 61.1 Å². The van der Waals surface area contributed by atoms with Crippen LogP contribution < -0.4 is 5.32 Å². The van der Waals surface area contributed by atoms with Crippen molar-refractivity contribution in [2.75, 3.05) is 34.2 Å². The Labute approximate surface area is 144 Å². The van der Waals surface area contributed by atoms with Gasteiger partial charge in [-0.05, 0) is 30.9 Å². The zero-order chi connectivity index (χ0) is 17.4. The normalized spacial score (nSPS) is 16.0. The van der Waals surface area contributed by atoms with Gasteiger partial charge in [0.05, 0.1) is 12.8 Å². The highest BCUT2D eigenvalue weighted by Crippen LogP contribution is 2.22. The van der Waals surface area contributed by atoms with Crippen molar-refractivity contribution in [3.8, 4) is 0 Å². The van der Waals surface area contributed by atoms with Crippen LogP contribution in [-0.2, 0) is 11.3 Å². The van der Waals surface area contributed by atoms with E-state index in [1.165, 1.54) is 32.1 Å². The number of furan rings is 1. The number of hydrogen-bond acceptors (Lipinski definition) is 3. The number of guanidine groups is 1. The molecule has 2 rings (SSSR count). The third kappa shape index (κ3) is 5.91. The Morgan fingerprint density at radius 1 is 1.29 bits per heavy atom. The lowest BCUT2D eigenvalue weighted by Gasteiger charge is -2.26. The number of rotatable bonds is 6. The van der Waals surface area contributed by atoms with Crippen LogP contribution in [0.4, 0.5) is 0 Å². The van der Waals surface area contributed by atoms with E-state index in [1.54, 1.807) is 25.3 Å². The van der Waals surface area contributed by atoms with Crippen LogP contribution in [0.3, 0.4) is 0 Å². The smallest absolute Gasteiger partial charge is 0.243 e. The van der Waals surface area contributed by atoms with Crippen molar-refractivity contribution in [2.24, 2.45) is 10.9 Å². The highest BCUT2D eigenvalue weighted by atomic mass is 16.3. The Morgan fingerprint density at radius 3 is 2.67 bits per heavy atom. The second-order valence-electron chi connectivity index (χ2n) is 6.75. The number of hydrogen-bond donors (Lipinski definition) is 1. The SMILES string of the molecule is CN(C)C(=O)CN=C(NCC1CCCCC1)N(C)Cc1ccco1. The van der Waals surface area contributed by atoms with Gasteiger partial charge in [0.2, 0.25) is 5.91 Å². The lowest BCUT2D eigenvalue weighted by Crippen LogP contribution is -2.41. The summed E-state index contributed by atoms with van der Waals surface area (Å²) in [5.74, 6) is 2.33. The van der Waals surface area contributed by atoms with Gasteiger partial charge in [-0.15, -0.1) is 0 Å². The molecule has 6 nitrogen and oxygen atoms in total. The molecule has 1 aromatic heterocycles. The van der Waals surface area contributed by atoms with Gasteiger partial charge in [-0.3, -0.25) is 4.79 Å². The van der Waals surface area contributed by atoms with Gasteiger partial charge in [0.15, 0.2) is 5.96 Å². The zero-order valence-corrected chi connectivity index (χ0v) is 15.1. The van der Waals surface area contributed by atoms with E-state index in [4.69, 9.17) is 4.42 Å². The standard InChI is InChI=1S/C18H30N4O2/c1-21(2)17(23)13-20-18(19-12-15-8-5-4-6-9-15)22(3)14-16-10-7-11-24-16/h7,10-11,15H,4-6,8-9,12-14H2,1-3H3,(H,19,20). The van der Waals surface area contributed by atoms with Crippen LogP contribution in [0.1, 0.15) is 37.9 Å². The maximum Gasteiger partial charge on any atom is 0.243 e. The molecule has 1 aromatic rings. The quantitative estimate of drug-likeness (QED) is 0.641. The lowest BCUT2D eigenvalue weighted by atomic mass is 9.89. The molecule has 0 saturated heterocycles. The van der Waals surface area contributed by atoms with E-state index in [-0.39, 0.29) is 12.5 Å². The molecule has 1 N–H and O–H groups in total. The van der Waals surface area contributed by atoms with Crippen LogP contribution in [-0.4, -0.2) is 55.9 Å². The van der Waals surface area contributed by atoms with E-state index in [0.717, 1.165) is 18.3 Å². The van der Waals surface area contributed by atoms with Crippen LogP contribution >= 0.6 is 0 Å². The molecule has 1 aliphatic carbocycles. The summed E-state index contributed by atoms with van der Waals surface area (Å²) >= 11 is 0. The van der Waals surface area contributed by atoms with E-state index in [9.17, 15) is 4.79 Å². The molecule has 0 radical (unpaired) electrons. The highest BCUT2D eigenvalue weighted by molar-refractivity contribution is 5.84. The van der Waals surface area contributed by atoms with E-state index in [0.29, 0.717) is 12.5 Å². The second-order valence-corrected chi connectivity index (χ2v) is 6.75. The number of nitrogens with one attached hydrogen (secondary N) is 1. The molecule has 0 unspecified atom stereocenters. The number of carbonyl (C=O) groups is 1. The number of nitrogens with zero attached hydrogens (tertiary/aromatic N) is 3. The molecule has 0 spiro atoms. The van der Waals surface area contributed by atoms with E-state index in [1.807, 2.05) is 24.1 Å². The summed E-state index contributed by atoms with van der Waals surface area (Å²) in [7, 11) is 5.47. The molecule has 0 aromatic carbocycles. The summed E-state index contributed by atoms with van der Waals surface area (Å²) in [5.41, 5.74) is 0. The summed E-state index contributed by atoms with van der Waals surface area (Å²) in [5, 5.41) is 3.46. The molecule has 0 atom stereocenters. The summed E-state index contributed by atoms with van der Waals surface area (Å²) in [6.45, 7) is 1.69. The van der Waals surface area contributed by atoms with Crippen LogP contribution in [0.15, 0.2) is 27.8 Å². The van der Waals surface area contributed by atoms with Crippen LogP contribution in [0.25, 0.3) is 0 Å². The fraction of sp³-hybridized carbons (Fsp3) is 0.667. The highest BCUT2D eigenvalue weighted by Gasteiger charge is 2.16. The maximum atomic E-state index is 11.8. The van der Waals surface area contributed by atoms with Crippen LogP contribution in [0.2, 0.25) is 0 Å². The minimum atomic E-state index is -0.00151. The van der Waals surface area contributed by atoms with Gasteiger partial charge < -0.3 is 19.5 Å². The van der Waals surface area contributed by atoms with Gasteiger partial charge >= 0.3 is 0 Å². The van der Waals surface area contributed by atoms with Crippen molar-refractivity contribution < 1.29 is 9.21 Å². The number of amides is 1. The molecule has 1 fully saturated rings. The van der Waals surface area contributed by atoms with Crippen molar-refractivity contribution in [3.05, 3.63) is 24.2 Å². The second kappa shape index (κ2) is 9.35. The first kappa shape index (κ1) is 18.4. The average molecular weight is 334 g/mol. The molecular weight excluding hydrogens is 304 g/mol. The monoisotopic (exact) mass is 334 g/mol. The molecule has 1 heterocycles. The Bertz CT molecular complexity index is 519. The molecule has 0 aliphatic heterocycles. The molecule has 1 aliphatic rings. The third-order valence-electron chi connectivity index (χ3n) is 4.47. The zero-order valence-electron chi connectivity index (χ0n) is 15.1. The van der Waals surface area contributed by atoms with Gasteiger partial charge in [0.25, 0.3) is 0 Å². The summed E-state index contributed by atoms with van der Waals surface area (Å²) < 4.78 is 5.41. The molecule has 134 valence electrons. The van der Waals surface area contributed by atoms with Crippen LogP contribution in [0.5, 0.6) is 0 Å². The van der Waals surface area contributed by atoms with Gasteiger partial charge in [-0.25, -0.2) is 4.99 Å². The number of likely N-dealkylation sites (N-methyl/N-ethyl adjacent to an activating group) is 1. The molecule has 0 bridgehead atoms. The fourth-order valence-electron chi connectivity index (χ4n) is 2.93. The lowest BCUT2D eigenvalue weighted by molar-refractivity contribution is -0.127. The van der Waals surface area contributed by atoms with Crippen molar-refractivity contribution in [3.63, 3.8) is 0 Å². The fourth-order valence-corrected chi connectivity index (χ4v) is 2.93. The van der Waals surface area contributed by atoms with Gasteiger partial charge in [0, 0.05) is 27.7 Å². The predicted octanol–water partition coefficient (Wildman–Crippen LogP) is 2.33. The summed E-state index contributed by atoms with van der Waals surface area (Å²) in [4.78, 5) is 19.9. The van der Waals surface area contributed by atoms with Crippen LogP contribution in [0, 0.1) is 5.92 Å². The summed E-state index contributed by atoms with van der Waals surface area (Å²) in [6.07, 6.45) is 8.22. The van der Waals surface area contributed by atoms with Crippen molar-refractivity contribution in [2.45, 2.75) is 38.6 Å². The first-order chi connectivity index (χ1) is 11.6. The first-order valence-corrected chi connectivity index (χ1v) is 8.78. The average Bonchev–Trinajstić information content (AvgIpc) is 3.08. The van der Waals surface area contributed by atoms with Gasteiger partial charge in [-0.1, -0.05) is 19.3 Å². The minimum absolute atomic E-state index is 0.00151. The molecule has 1 saturated carbocycles. The Hall–Kier alpha value is -1.98. The predicted molar refractivity (Wildman–Crippen MR) is 95.7 cm³/mol. The first-order valence-electron chi connectivity index (χ1n) is 8.78. The Balaban J connectivity index is 1.96. The minimum Gasteiger partial charge on any atom is -0.467 e. The molecular formula is C18H30N4O2. The van der Waals surface area contributed by atoms with E-state index >= 15 is 0 Å². The molecule has 6 heteroatoms. The summed E-state index contributed by atoms with van der Waals surface area (Å²) in [6, 6.07) is 3.82.